The third-order valence-corrected chi connectivity index (χ3v) is 5.81. The van der Waals surface area contributed by atoms with Crippen molar-refractivity contribution in [3.8, 4) is 5.75 Å². The van der Waals surface area contributed by atoms with Crippen molar-refractivity contribution >= 4 is 27.0 Å². The molecule has 0 spiro atoms. The lowest BCUT2D eigenvalue weighted by molar-refractivity contribution is 0.471. The van der Waals surface area contributed by atoms with Crippen molar-refractivity contribution in [2.75, 3.05) is 4.72 Å². The topological polar surface area (TPSA) is 66.4 Å². The van der Waals surface area contributed by atoms with Crippen LogP contribution in [0, 0.1) is 6.92 Å². The molecule has 4 nitrogen and oxygen atoms in total. The molecule has 0 aliphatic rings. The molecule has 6 heteroatoms. The summed E-state index contributed by atoms with van der Waals surface area (Å²) in [6.07, 6.45) is 0.811. The number of rotatable bonds is 4. The molecule has 0 saturated carbocycles. The van der Waals surface area contributed by atoms with E-state index < -0.39 is 10.0 Å². The van der Waals surface area contributed by atoms with E-state index in [9.17, 15) is 13.5 Å². The Kier molecular flexibility index (Phi) is 3.82. The Morgan fingerprint density at radius 3 is 2.58 bits per heavy atom. The molecule has 1 heterocycles. The van der Waals surface area contributed by atoms with Crippen molar-refractivity contribution in [1.29, 1.82) is 0 Å². The molecular weight excluding hydrogens is 282 g/mol. The van der Waals surface area contributed by atoms with E-state index in [4.69, 9.17) is 0 Å². The van der Waals surface area contributed by atoms with Crippen molar-refractivity contribution in [2.24, 2.45) is 0 Å². The van der Waals surface area contributed by atoms with E-state index in [0.29, 0.717) is 11.3 Å². The number of aromatic hydroxyl groups is 1. The van der Waals surface area contributed by atoms with Gasteiger partial charge in [0.25, 0.3) is 10.0 Å². The molecule has 19 heavy (non-hydrogen) atoms. The van der Waals surface area contributed by atoms with Crippen LogP contribution in [-0.2, 0) is 16.4 Å². The second-order valence-electron chi connectivity index (χ2n) is 4.18. The first-order chi connectivity index (χ1) is 8.92. The van der Waals surface area contributed by atoms with Crippen LogP contribution in [0.1, 0.15) is 17.4 Å². The first-order valence-electron chi connectivity index (χ1n) is 5.83. The highest BCUT2D eigenvalue weighted by Crippen LogP contribution is 2.26. The smallest absolute Gasteiger partial charge is 0.271 e. The predicted octanol–water partition coefficient (Wildman–Crippen LogP) is 3.13. The minimum Gasteiger partial charge on any atom is -0.508 e. The van der Waals surface area contributed by atoms with Gasteiger partial charge in [-0.25, -0.2) is 8.42 Å². The zero-order chi connectivity index (χ0) is 14.0. The molecule has 0 fully saturated rings. The summed E-state index contributed by atoms with van der Waals surface area (Å²) in [5, 5.41) is 9.58. The zero-order valence-electron chi connectivity index (χ0n) is 10.7. The summed E-state index contributed by atoms with van der Waals surface area (Å²) in [5.41, 5.74) is 1.06. The summed E-state index contributed by atoms with van der Waals surface area (Å²) in [4.78, 5) is 1.02. The van der Waals surface area contributed by atoms with E-state index in [0.717, 1.165) is 11.3 Å². The van der Waals surface area contributed by atoms with Gasteiger partial charge in [-0.3, -0.25) is 4.72 Å². The van der Waals surface area contributed by atoms with Gasteiger partial charge in [-0.05, 0) is 37.1 Å². The number of phenols is 1. The van der Waals surface area contributed by atoms with Crippen molar-refractivity contribution in [2.45, 2.75) is 24.5 Å². The zero-order valence-corrected chi connectivity index (χ0v) is 12.3. The van der Waals surface area contributed by atoms with Crippen molar-refractivity contribution in [1.82, 2.24) is 0 Å². The van der Waals surface area contributed by atoms with Crippen molar-refractivity contribution in [3.63, 3.8) is 0 Å². The maximum Gasteiger partial charge on any atom is 0.271 e. The van der Waals surface area contributed by atoms with E-state index in [1.54, 1.807) is 25.1 Å². The van der Waals surface area contributed by atoms with E-state index in [2.05, 4.69) is 4.72 Å². The van der Waals surface area contributed by atoms with Gasteiger partial charge >= 0.3 is 0 Å². The highest BCUT2D eigenvalue weighted by molar-refractivity contribution is 7.94. The molecule has 2 aromatic rings. The molecule has 0 atom stereocenters. The van der Waals surface area contributed by atoms with Gasteiger partial charge < -0.3 is 5.11 Å². The normalized spacial score (nSPS) is 11.5. The van der Waals surface area contributed by atoms with Gasteiger partial charge in [0.1, 0.15) is 9.96 Å². The monoisotopic (exact) mass is 297 g/mol. The van der Waals surface area contributed by atoms with Crippen LogP contribution >= 0.6 is 11.3 Å². The van der Waals surface area contributed by atoms with Crippen LogP contribution < -0.4 is 4.72 Å². The minimum atomic E-state index is -3.57. The number of phenolic OH excluding ortho intramolecular Hbond substituents is 1. The molecule has 0 bridgehead atoms. The van der Waals surface area contributed by atoms with Crippen molar-refractivity contribution in [3.05, 3.63) is 40.8 Å². The largest absolute Gasteiger partial charge is 0.508 e. The van der Waals surface area contributed by atoms with Crippen LogP contribution in [0.2, 0.25) is 0 Å². The van der Waals surface area contributed by atoms with Gasteiger partial charge in [0.15, 0.2) is 0 Å². The lowest BCUT2D eigenvalue weighted by Crippen LogP contribution is -2.11. The number of nitrogens with one attached hydrogen (secondary N) is 1. The molecule has 1 aromatic heterocycles. The molecule has 2 N–H and O–H groups in total. The number of thiophene rings is 1. The quantitative estimate of drug-likeness (QED) is 0.911. The molecule has 0 aliphatic heterocycles. The molecule has 0 aliphatic carbocycles. The van der Waals surface area contributed by atoms with Crippen LogP contribution in [0.15, 0.2) is 34.5 Å². The Balaban J connectivity index is 2.28. The van der Waals surface area contributed by atoms with Crippen LogP contribution in [0.25, 0.3) is 0 Å². The third-order valence-electron chi connectivity index (χ3n) is 2.71. The van der Waals surface area contributed by atoms with Gasteiger partial charge in [-0.15, -0.1) is 11.3 Å². The van der Waals surface area contributed by atoms with Gasteiger partial charge in [0.2, 0.25) is 0 Å². The molecule has 0 saturated heterocycles. The van der Waals surface area contributed by atoms with Gasteiger partial charge in [-0.2, -0.15) is 0 Å². The lowest BCUT2D eigenvalue weighted by Gasteiger charge is -2.07. The van der Waals surface area contributed by atoms with Gasteiger partial charge in [-0.1, -0.05) is 13.0 Å². The second kappa shape index (κ2) is 5.22. The Labute approximate surface area is 116 Å². The number of benzene rings is 1. The second-order valence-corrected chi connectivity index (χ2v) is 7.26. The van der Waals surface area contributed by atoms with E-state index >= 15 is 0 Å². The predicted molar refractivity (Wildman–Crippen MR) is 77.3 cm³/mol. The summed E-state index contributed by atoms with van der Waals surface area (Å²) in [6, 6.07) is 8.10. The highest BCUT2D eigenvalue weighted by Gasteiger charge is 2.17. The van der Waals surface area contributed by atoms with E-state index in [1.807, 2.05) is 13.0 Å². The maximum atomic E-state index is 12.1. The highest BCUT2D eigenvalue weighted by atomic mass is 32.2. The lowest BCUT2D eigenvalue weighted by atomic mass is 10.2. The molecule has 102 valence electrons. The minimum absolute atomic E-state index is 0.0700. The van der Waals surface area contributed by atoms with Crippen molar-refractivity contribution < 1.29 is 13.5 Å². The van der Waals surface area contributed by atoms with Crippen LogP contribution in [-0.4, -0.2) is 13.5 Å². The number of hydrogen-bond acceptors (Lipinski definition) is 4. The van der Waals surface area contributed by atoms with Gasteiger partial charge in [0, 0.05) is 10.9 Å². The summed E-state index contributed by atoms with van der Waals surface area (Å²) < 4.78 is 27.0. The number of anilines is 1. The Bertz CT molecular complexity index is 690. The standard InChI is InChI=1S/C13H15NO3S2/c1-3-11-6-7-13(18-11)19(16,17)14-10-5-4-9(2)12(15)8-10/h4-8,14-15H,3H2,1-2H3. The fourth-order valence-corrected chi connectivity index (χ4v) is 3.92. The van der Waals surface area contributed by atoms with Crippen LogP contribution in [0.5, 0.6) is 5.75 Å². The fraction of sp³-hybridized carbons (Fsp3) is 0.231. The first kappa shape index (κ1) is 13.9. The summed E-state index contributed by atoms with van der Waals surface area (Å²) in [6.45, 7) is 3.73. The fourth-order valence-electron chi connectivity index (χ4n) is 1.57. The molecule has 0 unspecified atom stereocenters. The average Bonchev–Trinajstić information content (AvgIpc) is 2.83. The summed E-state index contributed by atoms with van der Waals surface area (Å²) >= 11 is 1.25. The first-order valence-corrected chi connectivity index (χ1v) is 8.13. The SMILES string of the molecule is CCc1ccc(S(=O)(=O)Nc2ccc(C)c(O)c2)s1. The maximum absolute atomic E-state index is 12.1. The molecular formula is C13H15NO3S2. The molecule has 0 radical (unpaired) electrons. The van der Waals surface area contributed by atoms with Crippen LogP contribution in [0.3, 0.4) is 0 Å². The molecule has 0 amide bonds. The summed E-state index contributed by atoms with van der Waals surface area (Å²) in [5.74, 6) is 0.0700. The average molecular weight is 297 g/mol. The summed E-state index contributed by atoms with van der Waals surface area (Å²) in [7, 11) is -3.57. The number of aryl methyl sites for hydroxylation is 2. The Morgan fingerprint density at radius 1 is 1.26 bits per heavy atom. The van der Waals surface area contributed by atoms with Gasteiger partial charge in [0.05, 0.1) is 5.69 Å². The number of sulfonamides is 1. The third kappa shape index (κ3) is 3.08. The van der Waals surface area contributed by atoms with E-state index in [1.165, 1.54) is 17.4 Å². The van der Waals surface area contributed by atoms with E-state index in [-0.39, 0.29) is 9.96 Å². The van der Waals surface area contributed by atoms with Crippen LogP contribution in [0.4, 0.5) is 5.69 Å². The Hall–Kier alpha value is -1.53. The Morgan fingerprint density at radius 2 is 2.00 bits per heavy atom. The molecule has 2 rings (SSSR count). The molecule has 1 aromatic carbocycles. The number of hydrogen-bond donors (Lipinski definition) is 2.